The summed E-state index contributed by atoms with van der Waals surface area (Å²) in [4.78, 5) is 18.5. The number of nitrogens with zero attached hydrogens (tertiary/aromatic N) is 1. The summed E-state index contributed by atoms with van der Waals surface area (Å²) in [6, 6.07) is 26.7. The zero-order valence-electron chi connectivity index (χ0n) is 15.3. The second kappa shape index (κ2) is 8.06. The Labute approximate surface area is 167 Å². The van der Waals surface area contributed by atoms with Gasteiger partial charge in [0.15, 0.2) is 5.13 Å². The Morgan fingerprint density at radius 3 is 2.25 bits per heavy atom. The molecule has 0 fully saturated rings. The van der Waals surface area contributed by atoms with E-state index in [0.717, 1.165) is 17.0 Å². The lowest BCUT2D eigenvalue weighted by atomic mass is 10.1. The number of aromatic nitrogens is 1. The van der Waals surface area contributed by atoms with Crippen molar-refractivity contribution >= 4 is 27.9 Å². The van der Waals surface area contributed by atoms with E-state index in [1.807, 2.05) is 84.9 Å². The predicted octanol–water partition coefficient (Wildman–Crippen LogP) is 5.79. The summed E-state index contributed by atoms with van der Waals surface area (Å²) < 4.78 is 5.40. The maximum atomic E-state index is 13.1. The lowest BCUT2D eigenvalue weighted by Crippen LogP contribution is -2.00. The first-order valence-electron chi connectivity index (χ1n) is 8.82. The minimum absolute atomic E-state index is 0.0370. The van der Waals surface area contributed by atoms with Crippen LogP contribution in [0.15, 0.2) is 84.9 Å². The number of carbonyl (C=O) groups is 1. The van der Waals surface area contributed by atoms with Crippen molar-refractivity contribution in [3.05, 3.63) is 95.4 Å². The molecule has 0 aliphatic rings. The highest BCUT2D eigenvalue weighted by molar-refractivity contribution is 7.18. The fourth-order valence-electron chi connectivity index (χ4n) is 2.90. The van der Waals surface area contributed by atoms with Crippen molar-refractivity contribution in [1.29, 1.82) is 0 Å². The van der Waals surface area contributed by atoms with E-state index >= 15 is 0 Å². The van der Waals surface area contributed by atoms with E-state index < -0.39 is 0 Å². The van der Waals surface area contributed by atoms with E-state index in [0.29, 0.717) is 21.3 Å². The predicted molar refractivity (Wildman–Crippen MR) is 114 cm³/mol. The Kier molecular flexibility index (Phi) is 5.17. The Balaban J connectivity index is 1.77. The monoisotopic (exact) mass is 386 g/mol. The van der Waals surface area contributed by atoms with Crippen molar-refractivity contribution in [3.63, 3.8) is 0 Å². The van der Waals surface area contributed by atoms with Crippen LogP contribution in [0.3, 0.4) is 0 Å². The van der Waals surface area contributed by atoms with Crippen LogP contribution < -0.4 is 10.1 Å². The van der Waals surface area contributed by atoms with Gasteiger partial charge in [0.05, 0.1) is 18.5 Å². The summed E-state index contributed by atoms with van der Waals surface area (Å²) in [7, 11) is 1.63. The second-order valence-corrected chi connectivity index (χ2v) is 7.08. The van der Waals surface area contributed by atoms with Crippen LogP contribution in [0.4, 0.5) is 10.8 Å². The summed E-state index contributed by atoms with van der Waals surface area (Å²) in [5.74, 6) is 0.680. The molecule has 3 aromatic carbocycles. The molecule has 0 saturated heterocycles. The highest BCUT2D eigenvalue weighted by Gasteiger charge is 2.21. The number of benzene rings is 3. The molecule has 0 atom stereocenters. The van der Waals surface area contributed by atoms with Crippen LogP contribution in [0.2, 0.25) is 0 Å². The van der Waals surface area contributed by atoms with Gasteiger partial charge in [-0.25, -0.2) is 4.98 Å². The molecule has 138 valence electrons. The Morgan fingerprint density at radius 2 is 1.54 bits per heavy atom. The number of ether oxygens (including phenoxy) is 1. The number of carbonyl (C=O) groups excluding carboxylic acids is 1. The van der Waals surface area contributed by atoms with Crippen molar-refractivity contribution in [1.82, 2.24) is 4.98 Å². The average Bonchev–Trinajstić information content (AvgIpc) is 3.18. The molecule has 4 nitrogen and oxygen atoms in total. The molecule has 0 spiro atoms. The number of rotatable bonds is 6. The number of hydrogen-bond acceptors (Lipinski definition) is 5. The molecule has 4 rings (SSSR count). The number of methoxy groups -OCH3 is 1. The molecule has 0 radical (unpaired) electrons. The first-order chi connectivity index (χ1) is 13.8. The third kappa shape index (κ3) is 3.66. The first-order valence-corrected chi connectivity index (χ1v) is 9.64. The van der Waals surface area contributed by atoms with Crippen molar-refractivity contribution in [2.24, 2.45) is 0 Å². The van der Waals surface area contributed by atoms with Crippen LogP contribution in [0.5, 0.6) is 5.75 Å². The lowest BCUT2D eigenvalue weighted by molar-refractivity contribution is 0.104. The number of ketones is 1. The van der Waals surface area contributed by atoms with E-state index in [1.54, 1.807) is 7.11 Å². The number of anilines is 2. The van der Waals surface area contributed by atoms with Crippen LogP contribution in [0.25, 0.3) is 11.3 Å². The molecular weight excluding hydrogens is 368 g/mol. The van der Waals surface area contributed by atoms with Gasteiger partial charge in [-0.15, -0.1) is 0 Å². The zero-order valence-corrected chi connectivity index (χ0v) is 16.1. The molecule has 0 unspecified atom stereocenters. The van der Waals surface area contributed by atoms with Gasteiger partial charge in [-0.2, -0.15) is 0 Å². The second-order valence-electron chi connectivity index (χ2n) is 6.08. The Hall–Kier alpha value is -3.44. The van der Waals surface area contributed by atoms with Gasteiger partial charge in [-0.3, -0.25) is 4.79 Å². The maximum absolute atomic E-state index is 13.1. The van der Waals surface area contributed by atoms with E-state index in [4.69, 9.17) is 9.72 Å². The van der Waals surface area contributed by atoms with Crippen LogP contribution >= 0.6 is 11.3 Å². The third-order valence-electron chi connectivity index (χ3n) is 4.27. The molecule has 0 aliphatic heterocycles. The third-order valence-corrected chi connectivity index (χ3v) is 5.23. The van der Waals surface area contributed by atoms with Gasteiger partial charge in [0, 0.05) is 11.1 Å². The molecule has 28 heavy (non-hydrogen) atoms. The van der Waals surface area contributed by atoms with E-state index in [-0.39, 0.29) is 5.78 Å². The van der Waals surface area contributed by atoms with Gasteiger partial charge < -0.3 is 10.1 Å². The Bertz CT molecular complexity index is 1090. The fraction of sp³-hybridized carbons (Fsp3) is 0.0435. The quantitative estimate of drug-likeness (QED) is 0.426. The van der Waals surface area contributed by atoms with E-state index in [1.165, 1.54) is 11.3 Å². The number of thiazole rings is 1. The molecule has 4 aromatic rings. The number of nitrogens with one attached hydrogen (secondary N) is 1. The summed E-state index contributed by atoms with van der Waals surface area (Å²) in [6.07, 6.45) is 0. The average molecular weight is 386 g/mol. The molecule has 1 heterocycles. The normalized spacial score (nSPS) is 10.5. The van der Waals surface area contributed by atoms with Gasteiger partial charge in [-0.1, -0.05) is 84.1 Å². The van der Waals surface area contributed by atoms with Crippen molar-refractivity contribution in [2.45, 2.75) is 0 Å². The highest BCUT2D eigenvalue weighted by atomic mass is 32.1. The number of hydrogen-bond donors (Lipinski definition) is 1. The summed E-state index contributed by atoms with van der Waals surface area (Å²) >= 11 is 1.34. The molecular formula is C23H18N2O2S. The van der Waals surface area contributed by atoms with Gasteiger partial charge in [-0.05, 0) is 12.1 Å². The van der Waals surface area contributed by atoms with Crippen LogP contribution in [0, 0.1) is 0 Å². The topological polar surface area (TPSA) is 51.2 Å². The van der Waals surface area contributed by atoms with E-state index in [2.05, 4.69) is 5.32 Å². The minimum atomic E-state index is -0.0370. The molecule has 0 saturated carbocycles. The van der Waals surface area contributed by atoms with Gasteiger partial charge in [0.25, 0.3) is 0 Å². The van der Waals surface area contributed by atoms with Crippen molar-refractivity contribution in [2.75, 3.05) is 12.4 Å². The SMILES string of the molecule is COc1ccccc1Nc1nc(-c2ccccc2)c(C(=O)c2ccccc2)s1. The summed E-state index contributed by atoms with van der Waals surface area (Å²) in [5, 5.41) is 3.93. The minimum Gasteiger partial charge on any atom is -0.495 e. The Morgan fingerprint density at radius 1 is 0.893 bits per heavy atom. The molecule has 0 amide bonds. The summed E-state index contributed by atoms with van der Waals surface area (Å²) in [6.45, 7) is 0. The first kappa shape index (κ1) is 17.9. The van der Waals surface area contributed by atoms with Crippen LogP contribution in [0.1, 0.15) is 15.2 Å². The highest BCUT2D eigenvalue weighted by Crippen LogP contribution is 2.36. The molecule has 1 aromatic heterocycles. The summed E-state index contributed by atoms with van der Waals surface area (Å²) in [5.41, 5.74) is 3.03. The lowest BCUT2D eigenvalue weighted by Gasteiger charge is -2.07. The largest absolute Gasteiger partial charge is 0.495 e. The van der Waals surface area contributed by atoms with Crippen LogP contribution in [-0.2, 0) is 0 Å². The van der Waals surface area contributed by atoms with Crippen molar-refractivity contribution < 1.29 is 9.53 Å². The molecule has 5 heteroatoms. The zero-order chi connectivity index (χ0) is 19.3. The standard InChI is InChI=1S/C23H18N2O2S/c1-27-19-15-9-8-14-18(19)24-23-25-20(16-10-4-2-5-11-16)22(28-23)21(26)17-12-6-3-7-13-17/h2-15H,1H3,(H,24,25). The van der Waals surface area contributed by atoms with Gasteiger partial charge >= 0.3 is 0 Å². The van der Waals surface area contributed by atoms with Crippen LogP contribution in [-0.4, -0.2) is 17.9 Å². The molecule has 1 N–H and O–H groups in total. The van der Waals surface area contributed by atoms with Gasteiger partial charge in [0.1, 0.15) is 10.6 Å². The van der Waals surface area contributed by atoms with E-state index in [9.17, 15) is 4.79 Å². The van der Waals surface area contributed by atoms with Crippen molar-refractivity contribution in [3.8, 4) is 17.0 Å². The smallest absolute Gasteiger partial charge is 0.205 e. The molecule has 0 aliphatic carbocycles. The van der Waals surface area contributed by atoms with Gasteiger partial charge in [0.2, 0.25) is 5.78 Å². The maximum Gasteiger partial charge on any atom is 0.205 e. The fourth-order valence-corrected chi connectivity index (χ4v) is 3.86. The molecule has 0 bridgehead atoms. The number of para-hydroxylation sites is 2.